The Morgan fingerprint density at radius 1 is 1.35 bits per heavy atom. The third-order valence-corrected chi connectivity index (χ3v) is 4.82. The van der Waals surface area contributed by atoms with E-state index in [1.807, 2.05) is 0 Å². The first-order chi connectivity index (χ1) is 9.56. The van der Waals surface area contributed by atoms with Crippen LogP contribution in [-0.4, -0.2) is 53.6 Å². The third kappa shape index (κ3) is 3.34. The van der Waals surface area contributed by atoms with E-state index >= 15 is 0 Å². The number of carbonyl (C=O) groups excluding carboxylic acids is 1. The molecule has 20 heavy (non-hydrogen) atoms. The summed E-state index contributed by atoms with van der Waals surface area (Å²) in [4.78, 5) is 17.2. The number of nitrogens with zero attached hydrogens (tertiary/aromatic N) is 2. The molecule has 0 saturated carbocycles. The van der Waals surface area contributed by atoms with Gasteiger partial charge in [-0.25, -0.2) is 0 Å². The van der Waals surface area contributed by atoms with Gasteiger partial charge in [0.15, 0.2) is 0 Å². The highest BCUT2D eigenvalue weighted by Gasteiger charge is 2.39. The van der Waals surface area contributed by atoms with Crippen molar-refractivity contribution in [3.8, 4) is 0 Å². The monoisotopic (exact) mass is 281 g/mol. The molecule has 0 spiro atoms. The van der Waals surface area contributed by atoms with Crippen molar-refractivity contribution in [1.82, 2.24) is 15.1 Å². The van der Waals surface area contributed by atoms with Crippen molar-refractivity contribution in [3.63, 3.8) is 0 Å². The van der Waals surface area contributed by atoms with Crippen LogP contribution in [0.2, 0.25) is 0 Å². The molecular weight excluding hydrogens is 250 g/mol. The number of hydrogen-bond donors (Lipinski definition) is 1. The van der Waals surface area contributed by atoms with Crippen molar-refractivity contribution in [3.05, 3.63) is 0 Å². The van der Waals surface area contributed by atoms with Crippen LogP contribution >= 0.6 is 0 Å². The van der Waals surface area contributed by atoms with Crippen LogP contribution in [-0.2, 0) is 4.79 Å². The number of carbonyl (C=O) groups is 1. The number of hydrogen-bond acceptors (Lipinski definition) is 3. The van der Waals surface area contributed by atoms with Gasteiger partial charge in [0, 0.05) is 19.1 Å². The average Bonchev–Trinajstić information content (AvgIpc) is 2.99. The van der Waals surface area contributed by atoms with Gasteiger partial charge in [-0.3, -0.25) is 10.1 Å². The maximum Gasteiger partial charge on any atom is 0.241 e. The molecule has 0 aromatic carbocycles. The van der Waals surface area contributed by atoms with Gasteiger partial charge in [-0.1, -0.05) is 20.3 Å². The first-order valence-corrected chi connectivity index (χ1v) is 8.37. The summed E-state index contributed by atoms with van der Waals surface area (Å²) in [6, 6.07) is 0.690. The molecule has 0 bridgehead atoms. The minimum atomic E-state index is 0.0626. The van der Waals surface area contributed by atoms with Crippen LogP contribution in [0.25, 0.3) is 0 Å². The molecule has 3 atom stereocenters. The molecule has 0 aromatic heterocycles. The van der Waals surface area contributed by atoms with E-state index in [2.05, 4.69) is 42.8 Å². The molecule has 1 N–H and O–H groups in total. The van der Waals surface area contributed by atoms with E-state index in [1.54, 1.807) is 0 Å². The summed E-state index contributed by atoms with van der Waals surface area (Å²) in [7, 11) is 0. The fraction of sp³-hybridized carbons (Fsp3) is 0.938. The minimum absolute atomic E-state index is 0.0626. The zero-order chi connectivity index (χ0) is 14.7. The topological polar surface area (TPSA) is 35.6 Å². The minimum Gasteiger partial charge on any atom is -0.325 e. The highest BCUT2D eigenvalue weighted by Crippen LogP contribution is 2.24. The molecule has 4 nitrogen and oxygen atoms in total. The van der Waals surface area contributed by atoms with Crippen molar-refractivity contribution in [2.75, 3.05) is 19.6 Å². The number of nitrogens with one attached hydrogen (secondary N) is 1. The first kappa shape index (κ1) is 15.8. The van der Waals surface area contributed by atoms with Gasteiger partial charge in [-0.2, -0.15) is 0 Å². The predicted molar refractivity (Wildman–Crippen MR) is 82.4 cm³/mol. The molecular formula is C16H31N3O. The Morgan fingerprint density at radius 2 is 2.10 bits per heavy atom. The lowest BCUT2D eigenvalue weighted by Gasteiger charge is -2.27. The van der Waals surface area contributed by atoms with Crippen LogP contribution in [0, 0.1) is 5.92 Å². The first-order valence-electron chi connectivity index (χ1n) is 8.37. The molecule has 0 radical (unpaired) electrons. The second-order valence-corrected chi connectivity index (χ2v) is 6.67. The lowest BCUT2D eigenvalue weighted by molar-refractivity contribution is -0.130. The Morgan fingerprint density at radius 3 is 2.65 bits per heavy atom. The standard InChI is InChI=1S/C16H31N3O/c1-5-7-14-16(20)19(15(6-2)17-14)11-13-8-9-18(10-13)12(3)4/h12-15,17H,5-11H2,1-4H3. The van der Waals surface area contributed by atoms with E-state index in [0.717, 1.165) is 32.4 Å². The summed E-state index contributed by atoms with van der Waals surface area (Å²) >= 11 is 0. The third-order valence-electron chi connectivity index (χ3n) is 4.82. The van der Waals surface area contributed by atoms with Gasteiger partial charge in [0.05, 0.1) is 12.2 Å². The Bertz CT molecular complexity index is 332. The zero-order valence-corrected chi connectivity index (χ0v) is 13.6. The summed E-state index contributed by atoms with van der Waals surface area (Å²) in [6.07, 6.45) is 4.53. The molecule has 1 amide bonds. The van der Waals surface area contributed by atoms with Crippen molar-refractivity contribution in [2.45, 2.75) is 71.6 Å². The summed E-state index contributed by atoms with van der Waals surface area (Å²) < 4.78 is 0. The smallest absolute Gasteiger partial charge is 0.241 e. The fourth-order valence-electron chi connectivity index (χ4n) is 3.56. The Balaban J connectivity index is 1.92. The largest absolute Gasteiger partial charge is 0.325 e. The maximum absolute atomic E-state index is 12.5. The van der Waals surface area contributed by atoms with Crippen molar-refractivity contribution >= 4 is 5.91 Å². The van der Waals surface area contributed by atoms with E-state index < -0.39 is 0 Å². The van der Waals surface area contributed by atoms with Crippen LogP contribution in [0.5, 0.6) is 0 Å². The number of rotatable bonds is 6. The molecule has 2 rings (SSSR count). The second kappa shape index (κ2) is 6.90. The fourth-order valence-corrected chi connectivity index (χ4v) is 3.56. The normalized spacial score (nSPS) is 31.8. The van der Waals surface area contributed by atoms with Gasteiger partial charge in [-0.15, -0.1) is 0 Å². The van der Waals surface area contributed by atoms with E-state index in [9.17, 15) is 4.79 Å². The van der Waals surface area contributed by atoms with E-state index in [1.165, 1.54) is 13.0 Å². The molecule has 2 heterocycles. The molecule has 4 heteroatoms. The van der Waals surface area contributed by atoms with Gasteiger partial charge >= 0.3 is 0 Å². The molecule has 3 unspecified atom stereocenters. The predicted octanol–water partition coefficient (Wildman–Crippen LogP) is 2.05. The summed E-state index contributed by atoms with van der Waals surface area (Å²) in [5.41, 5.74) is 0. The van der Waals surface area contributed by atoms with E-state index in [4.69, 9.17) is 0 Å². The van der Waals surface area contributed by atoms with E-state index in [-0.39, 0.29) is 12.2 Å². The molecule has 2 saturated heterocycles. The lowest BCUT2D eigenvalue weighted by atomic mass is 10.1. The quantitative estimate of drug-likeness (QED) is 0.809. The second-order valence-electron chi connectivity index (χ2n) is 6.67. The van der Waals surface area contributed by atoms with Crippen LogP contribution in [0.3, 0.4) is 0 Å². The molecule has 0 aliphatic carbocycles. The maximum atomic E-state index is 12.5. The molecule has 116 valence electrons. The Labute approximate surface area is 123 Å². The molecule has 2 aliphatic rings. The molecule has 2 fully saturated rings. The van der Waals surface area contributed by atoms with Gasteiger partial charge in [0.2, 0.25) is 5.91 Å². The van der Waals surface area contributed by atoms with Gasteiger partial charge < -0.3 is 9.80 Å². The zero-order valence-electron chi connectivity index (χ0n) is 13.6. The lowest BCUT2D eigenvalue weighted by Crippen LogP contribution is -2.40. The Hall–Kier alpha value is -0.610. The van der Waals surface area contributed by atoms with Gasteiger partial charge in [0.25, 0.3) is 0 Å². The summed E-state index contributed by atoms with van der Waals surface area (Å²) in [5.74, 6) is 0.985. The number of likely N-dealkylation sites (tertiary alicyclic amines) is 1. The van der Waals surface area contributed by atoms with Crippen molar-refractivity contribution in [2.24, 2.45) is 5.92 Å². The van der Waals surface area contributed by atoms with Crippen molar-refractivity contribution in [1.29, 1.82) is 0 Å². The SMILES string of the molecule is CCCC1NC(CC)N(CC2CCN(C(C)C)C2)C1=O. The molecule has 0 aromatic rings. The Kier molecular flexibility index (Phi) is 5.44. The van der Waals surface area contributed by atoms with E-state index in [0.29, 0.717) is 17.9 Å². The van der Waals surface area contributed by atoms with Gasteiger partial charge in [0.1, 0.15) is 0 Å². The van der Waals surface area contributed by atoms with Gasteiger partial charge in [-0.05, 0) is 45.6 Å². The number of amides is 1. The highest BCUT2D eigenvalue weighted by molar-refractivity contribution is 5.84. The van der Waals surface area contributed by atoms with Crippen molar-refractivity contribution < 1.29 is 4.79 Å². The van der Waals surface area contributed by atoms with Crippen LogP contribution < -0.4 is 5.32 Å². The summed E-state index contributed by atoms with van der Waals surface area (Å²) in [6.45, 7) is 12.1. The van der Waals surface area contributed by atoms with Crippen LogP contribution in [0.15, 0.2) is 0 Å². The molecule has 2 aliphatic heterocycles. The van der Waals surface area contributed by atoms with Crippen LogP contribution in [0.4, 0.5) is 0 Å². The van der Waals surface area contributed by atoms with Crippen LogP contribution in [0.1, 0.15) is 53.4 Å². The summed E-state index contributed by atoms with van der Waals surface area (Å²) in [5, 5.41) is 3.51. The highest BCUT2D eigenvalue weighted by atomic mass is 16.2. The average molecular weight is 281 g/mol.